The van der Waals surface area contributed by atoms with E-state index in [4.69, 9.17) is 0 Å². The lowest BCUT2D eigenvalue weighted by Crippen LogP contribution is -2.30. The molecule has 1 aromatic heterocycles. The third-order valence-electron chi connectivity index (χ3n) is 3.00. The van der Waals surface area contributed by atoms with Crippen molar-refractivity contribution in [2.24, 2.45) is 0 Å². The van der Waals surface area contributed by atoms with Crippen LogP contribution in [-0.4, -0.2) is 11.0 Å². The quantitative estimate of drug-likeness (QED) is 0.829. The van der Waals surface area contributed by atoms with Gasteiger partial charge in [-0.25, -0.2) is 4.98 Å². The number of hydrogen-bond acceptors (Lipinski definition) is 3. The first-order valence-corrected chi connectivity index (χ1v) is 6.36. The van der Waals surface area contributed by atoms with Gasteiger partial charge in [-0.05, 0) is 19.8 Å². The van der Waals surface area contributed by atoms with Gasteiger partial charge in [-0.1, -0.05) is 19.3 Å². The summed E-state index contributed by atoms with van der Waals surface area (Å²) in [6.07, 6.45) is 6.95. The van der Waals surface area contributed by atoms with Gasteiger partial charge in [-0.15, -0.1) is 11.3 Å². The summed E-state index contributed by atoms with van der Waals surface area (Å²) in [5, 5.41) is 3.64. The van der Waals surface area contributed by atoms with Crippen molar-refractivity contribution in [3.8, 4) is 0 Å². The van der Waals surface area contributed by atoms with Crippen molar-refractivity contribution in [2.45, 2.75) is 51.6 Å². The largest absolute Gasteiger partial charge is 0.309 e. The fourth-order valence-corrected chi connectivity index (χ4v) is 2.77. The van der Waals surface area contributed by atoms with Gasteiger partial charge in [0.25, 0.3) is 0 Å². The van der Waals surface area contributed by atoms with Crippen LogP contribution in [0.4, 0.5) is 0 Å². The second-order valence-electron chi connectivity index (χ2n) is 4.08. The van der Waals surface area contributed by atoms with Crippen LogP contribution < -0.4 is 5.32 Å². The molecule has 0 radical (unpaired) electrons. The molecule has 1 aliphatic rings. The molecule has 0 unspecified atom stereocenters. The third-order valence-corrected chi connectivity index (χ3v) is 3.94. The van der Waals surface area contributed by atoms with E-state index in [-0.39, 0.29) is 0 Å². The van der Waals surface area contributed by atoms with Crippen LogP contribution in [0, 0.1) is 6.92 Å². The topological polar surface area (TPSA) is 24.9 Å². The average molecular weight is 210 g/mol. The van der Waals surface area contributed by atoms with Crippen molar-refractivity contribution in [1.29, 1.82) is 0 Å². The molecule has 1 saturated carbocycles. The minimum Gasteiger partial charge on any atom is -0.309 e. The number of rotatable bonds is 3. The molecule has 0 spiro atoms. The summed E-state index contributed by atoms with van der Waals surface area (Å²) in [6, 6.07) is 0.755. The van der Waals surface area contributed by atoms with E-state index in [0.717, 1.165) is 12.6 Å². The molecule has 14 heavy (non-hydrogen) atoms. The molecule has 2 nitrogen and oxygen atoms in total. The molecule has 1 N–H and O–H groups in total. The number of nitrogens with one attached hydrogen (secondary N) is 1. The van der Waals surface area contributed by atoms with E-state index < -0.39 is 0 Å². The van der Waals surface area contributed by atoms with Crippen molar-refractivity contribution in [3.63, 3.8) is 0 Å². The van der Waals surface area contributed by atoms with Crippen molar-refractivity contribution < 1.29 is 0 Å². The highest BCUT2D eigenvalue weighted by atomic mass is 32.1. The molecular weight excluding hydrogens is 192 g/mol. The Labute approximate surface area is 89.8 Å². The molecule has 3 heteroatoms. The summed E-state index contributed by atoms with van der Waals surface area (Å²) in [6.45, 7) is 3.11. The average Bonchev–Trinajstić information content (AvgIpc) is 2.63. The Morgan fingerprint density at radius 2 is 2.21 bits per heavy atom. The maximum atomic E-state index is 4.26. The summed E-state index contributed by atoms with van der Waals surface area (Å²) in [5.74, 6) is 0. The highest BCUT2D eigenvalue weighted by Crippen LogP contribution is 2.19. The minimum atomic E-state index is 0.755. The number of aryl methyl sites for hydroxylation is 1. The lowest BCUT2D eigenvalue weighted by molar-refractivity contribution is 0.373. The highest BCUT2D eigenvalue weighted by Gasteiger charge is 2.13. The summed E-state index contributed by atoms with van der Waals surface area (Å²) in [7, 11) is 0. The van der Waals surface area contributed by atoms with Crippen molar-refractivity contribution in [1.82, 2.24) is 10.3 Å². The molecule has 1 aromatic rings. The van der Waals surface area contributed by atoms with Gasteiger partial charge in [0.05, 0.1) is 11.2 Å². The smallest absolute Gasteiger partial charge is 0.0798 e. The Hall–Kier alpha value is -0.410. The third kappa shape index (κ3) is 2.55. The van der Waals surface area contributed by atoms with Gasteiger partial charge in [-0.2, -0.15) is 0 Å². The highest BCUT2D eigenvalue weighted by molar-refractivity contribution is 7.09. The molecular formula is C11H18N2S. The monoisotopic (exact) mass is 210 g/mol. The molecule has 78 valence electrons. The van der Waals surface area contributed by atoms with Crippen LogP contribution in [0.2, 0.25) is 0 Å². The van der Waals surface area contributed by atoms with Gasteiger partial charge in [-0.3, -0.25) is 0 Å². The van der Waals surface area contributed by atoms with E-state index in [0.29, 0.717) is 0 Å². The van der Waals surface area contributed by atoms with Crippen LogP contribution >= 0.6 is 11.3 Å². The maximum absolute atomic E-state index is 4.26. The van der Waals surface area contributed by atoms with Crippen LogP contribution in [-0.2, 0) is 6.54 Å². The van der Waals surface area contributed by atoms with Crippen molar-refractivity contribution in [3.05, 3.63) is 16.1 Å². The van der Waals surface area contributed by atoms with Crippen LogP contribution in [0.5, 0.6) is 0 Å². The number of aromatic nitrogens is 1. The zero-order valence-electron chi connectivity index (χ0n) is 8.75. The van der Waals surface area contributed by atoms with E-state index in [1.807, 2.05) is 5.51 Å². The Morgan fingerprint density at radius 3 is 2.86 bits per heavy atom. The van der Waals surface area contributed by atoms with E-state index in [2.05, 4.69) is 17.2 Å². The predicted molar refractivity (Wildman–Crippen MR) is 60.6 cm³/mol. The maximum Gasteiger partial charge on any atom is 0.0798 e. The molecule has 1 fully saturated rings. The van der Waals surface area contributed by atoms with E-state index >= 15 is 0 Å². The summed E-state index contributed by atoms with van der Waals surface area (Å²) in [4.78, 5) is 5.66. The van der Waals surface area contributed by atoms with Gasteiger partial charge in [0.15, 0.2) is 0 Å². The van der Waals surface area contributed by atoms with Crippen LogP contribution in [0.25, 0.3) is 0 Å². The Morgan fingerprint density at radius 1 is 1.43 bits per heavy atom. The van der Waals surface area contributed by atoms with E-state index in [9.17, 15) is 0 Å². The number of nitrogens with zero attached hydrogens (tertiary/aromatic N) is 1. The van der Waals surface area contributed by atoms with Gasteiger partial charge in [0.1, 0.15) is 0 Å². The van der Waals surface area contributed by atoms with Gasteiger partial charge >= 0.3 is 0 Å². The summed E-state index contributed by atoms with van der Waals surface area (Å²) < 4.78 is 0. The van der Waals surface area contributed by atoms with Crippen LogP contribution in [0.15, 0.2) is 5.51 Å². The minimum absolute atomic E-state index is 0.755. The number of thiazole rings is 1. The lowest BCUT2D eigenvalue weighted by atomic mass is 9.95. The zero-order chi connectivity index (χ0) is 9.80. The number of hydrogen-bond donors (Lipinski definition) is 1. The molecule has 0 aliphatic heterocycles. The molecule has 0 amide bonds. The molecule has 1 heterocycles. The molecule has 0 aromatic carbocycles. The van der Waals surface area contributed by atoms with Crippen molar-refractivity contribution >= 4 is 11.3 Å². The summed E-state index contributed by atoms with van der Waals surface area (Å²) in [5.41, 5.74) is 3.13. The van der Waals surface area contributed by atoms with Gasteiger partial charge in [0.2, 0.25) is 0 Å². The Kier molecular flexibility index (Phi) is 3.54. The molecule has 2 rings (SSSR count). The SMILES string of the molecule is Cc1ncsc1CNC1CCCCC1. The summed E-state index contributed by atoms with van der Waals surface area (Å²) >= 11 is 1.76. The fraction of sp³-hybridized carbons (Fsp3) is 0.727. The lowest BCUT2D eigenvalue weighted by Gasteiger charge is -2.22. The van der Waals surface area contributed by atoms with Gasteiger partial charge < -0.3 is 5.32 Å². The standard InChI is InChI=1S/C11H18N2S/c1-9-11(14-8-13-9)7-12-10-5-3-2-4-6-10/h8,10,12H,2-7H2,1H3. The fourth-order valence-electron chi connectivity index (χ4n) is 2.04. The molecule has 1 aliphatic carbocycles. The second kappa shape index (κ2) is 4.89. The Bertz CT molecular complexity index is 277. The zero-order valence-corrected chi connectivity index (χ0v) is 9.57. The van der Waals surface area contributed by atoms with Crippen LogP contribution in [0.1, 0.15) is 42.7 Å². The van der Waals surface area contributed by atoms with Gasteiger partial charge in [0, 0.05) is 17.5 Å². The molecule has 0 saturated heterocycles. The first-order valence-electron chi connectivity index (χ1n) is 5.48. The van der Waals surface area contributed by atoms with E-state index in [1.165, 1.54) is 42.7 Å². The first-order chi connectivity index (χ1) is 6.86. The normalized spacial score (nSPS) is 18.6. The predicted octanol–water partition coefficient (Wildman–Crippen LogP) is 2.87. The molecule has 0 bridgehead atoms. The van der Waals surface area contributed by atoms with Crippen LogP contribution in [0.3, 0.4) is 0 Å². The molecule has 0 atom stereocenters. The van der Waals surface area contributed by atoms with E-state index in [1.54, 1.807) is 11.3 Å². The van der Waals surface area contributed by atoms with Crippen molar-refractivity contribution in [2.75, 3.05) is 0 Å². The second-order valence-corrected chi connectivity index (χ2v) is 5.02. The Balaban J connectivity index is 1.79. The first kappa shape index (κ1) is 10.1.